The van der Waals surface area contributed by atoms with Gasteiger partial charge in [0.25, 0.3) is 0 Å². The summed E-state index contributed by atoms with van der Waals surface area (Å²) in [6, 6.07) is -0.842. The lowest BCUT2D eigenvalue weighted by molar-refractivity contribution is -0.870. The Bertz CT molecular complexity index is 1270. The molecule has 3 atom stereocenters. The average molecular weight is 1020 g/mol. The minimum Gasteiger partial charge on any atom is -0.456 e. The van der Waals surface area contributed by atoms with Crippen LogP contribution >= 0.6 is 7.82 Å². The third-order valence-electron chi connectivity index (χ3n) is 13.9. The van der Waals surface area contributed by atoms with Crippen molar-refractivity contribution in [1.29, 1.82) is 0 Å². The van der Waals surface area contributed by atoms with E-state index in [1.807, 2.05) is 33.3 Å². The minimum absolute atomic E-state index is 0.0435. The molecule has 0 aromatic carbocycles. The number of allylic oxidation sites excluding steroid dienone is 3. The predicted octanol–water partition coefficient (Wildman–Crippen LogP) is 18.6. The summed E-state index contributed by atoms with van der Waals surface area (Å²) < 4.78 is 30.7. The van der Waals surface area contributed by atoms with Crippen molar-refractivity contribution >= 4 is 19.7 Å². The third-order valence-corrected chi connectivity index (χ3v) is 14.9. The summed E-state index contributed by atoms with van der Waals surface area (Å²) in [5.41, 5.74) is 0. The Morgan fingerprint density at radius 2 is 0.817 bits per heavy atom. The zero-order valence-corrected chi connectivity index (χ0v) is 48.9. The maximum absolute atomic E-state index is 13.5. The number of hydrogen-bond acceptors (Lipinski definition) is 6. The number of amides is 1. The second-order valence-electron chi connectivity index (χ2n) is 22.2. The van der Waals surface area contributed by atoms with Crippen LogP contribution in [0, 0.1) is 0 Å². The number of esters is 1. The smallest absolute Gasteiger partial charge is 0.456 e. The van der Waals surface area contributed by atoms with E-state index in [0.29, 0.717) is 23.9 Å². The fraction of sp³-hybridized carbons (Fsp3) is 0.902. The molecular weight excluding hydrogens is 904 g/mol. The topological polar surface area (TPSA) is 111 Å². The van der Waals surface area contributed by atoms with E-state index in [2.05, 4.69) is 38.2 Å². The highest BCUT2D eigenvalue weighted by Crippen LogP contribution is 2.43. The van der Waals surface area contributed by atoms with Crippen LogP contribution in [0.2, 0.25) is 0 Å². The number of carbonyl (C=O) groups excluding carboxylic acids is 2. The van der Waals surface area contributed by atoms with Crippen molar-refractivity contribution in [2.24, 2.45) is 0 Å². The first kappa shape index (κ1) is 69.5. The summed E-state index contributed by atoms with van der Waals surface area (Å²) in [7, 11) is 1.51. The molecule has 0 aliphatic carbocycles. The highest BCUT2D eigenvalue weighted by atomic mass is 31.2. The Morgan fingerprint density at radius 3 is 1.20 bits per heavy atom. The maximum Gasteiger partial charge on any atom is 0.472 e. The Kier molecular flexibility index (Phi) is 50.8. The number of hydrogen-bond donors (Lipinski definition) is 2. The molecule has 0 radical (unpaired) electrons. The lowest BCUT2D eigenvalue weighted by atomic mass is 10.0. The van der Waals surface area contributed by atoms with E-state index in [1.54, 1.807) is 0 Å². The van der Waals surface area contributed by atoms with Crippen LogP contribution in [0.4, 0.5) is 0 Å². The van der Waals surface area contributed by atoms with Gasteiger partial charge >= 0.3 is 13.8 Å². The highest BCUT2D eigenvalue weighted by molar-refractivity contribution is 7.47. The molecule has 1 amide bonds. The maximum atomic E-state index is 13.5. The lowest BCUT2D eigenvalue weighted by Crippen LogP contribution is -2.47. The van der Waals surface area contributed by atoms with Gasteiger partial charge in [-0.1, -0.05) is 257 Å². The van der Waals surface area contributed by atoms with Crippen molar-refractivity contribution in [1.82, 2.24) is 5.32 Å². The molecule has 0 aliphatic rings. The van der Waals surface area contributed by atoms with Gasteiger partial charge in [0.1, 0.15) is 19.3 Å². The van der Waals surface area contributed by atoms with Gasteiger partial charge in [-0.2, -0.15) is 0 Å². The molecule has 0 aliphatic heterocycles. The molecule has 0 aromatic heterocycles. The van der Waals surface area contributed by atoms with Crippen molar-refractivity contribution in [3.05, 3.63) is 24.3 Å². The minimum atomic E-state index is -4.44. The summed E-state index contributed by atoms with van der Waals surface area (Å²) in [6.45, 7) is 7.04. The lowest BCUT2D eigenvalue weighted by Gasteiger charge is -2.27. The van der Waals surface area contributed by atoms with Gasteiger partial charge in [-0.3, -0.25) is 18.6 Å². The molecule has 2 N–H and O–H groups in total. The van der Waals surface area contributed by atoms with Crippen LogP contribution in [0.25, 0.3) is 0 Å². The Balaban J connectivity index is 5.23. The normalized spacial score (nSPS) is 13.8. The average Bonchev–Trinajstić information content (AvgIpc) is 3.33. The Hall–Kier alpha value is -1.51. The van der Waals surface area contributed by atoms with E-state index in [4.69, 9.17) is 13.8 Å². The molecule has 71 heavy (non-hydrogen) atoms. The van der Waals surface area contributed by atoms with Gasteiger partial charge in [0, 0.05) is 12.8 Å². The monoisotopic (exact) mass is 1020 g/mol. The molecule has 0 aromatic rings. The molecule has 9 nitrogen and oxygen atoms in total. The molecular formula is C61H120N2O7P+. The summed E-state index contributed by atoms with van der Waals surface area (Å²) in [6.07, 6.45) is 60.2. The van der Waals surface area contributed by atoms with Crippen LogP contribution in [0.3, 0.4) is 0 Å². The van der Waals surface area contributed by atoms with Crippen molar-refractivity contribution < 1.29 is 37.3 Å². The third kappa shape index (κ3) is 53.1. The summed E-state index contributed by atoms with van der Waals surface area (Å²) in [5.74, 6) is -0.492. The Labute approximate surface area is 441 Å². The van der Waals surface area contributed by atoms with Crippen molar-refractivity contribution in [3.8, 4) is 0 Å². The van der Waals surface area contributed by atoms with E-state index in [9.17, 15) is 19.0 Å². The number of nitrogens with one attached hydrogen (secondary N) is 1. The summed E-state index contributed by atoms with van der Waals surface area (Å²) in [4.78, 5) is 37.6. The van der Waals surface area contributed by atoms with E-state index in [0.717, 1.165) is 57.8 Å². The zero-order chi connectivity index (χ0) is 52.2. The standard InChI is InChI=1S/C61H119N2O7P/c1-7-10-13-16-19-22-25-28-30-31-32-33-34-36-39-42-45-48-51-54-61(65)70-59(52-49-46-43-40-37-27-24-21-18-15-12-9-3)58(57-69-71(66,67)68-56-55-63(4,5)6)62-60(64)53-50-47-44-41-38-35-29-26-23-20-17-14-11-8-2/h28,30,49,52,58-59H,7-27,29,31-48,50-51,53-57H2,1-6H3,(H-,62,64,66,67)/p+1/b30-28+,52-49+. The fourth-order valence-electron chi connectivity index (χ4n) is 9.11. The second kappa shape index (κ2) is 52.0. The molecule has 0 fully saturated rings. The number of phosphoric ester groups is 1. The molecule has 0 heterocycles. The van der Waals surface area contributed by atoms with Crippen LogP contribution in [0.5, 0.6) is 0 Å². The van der Waals surface area contributed by atoms with Crippen LogP contribution < -0.4 is 5.32 Å². The van der Waals surface area contributed by atoms with Crippen molar-refractivity contribution in [2.75, 3.05) is 40.9 Å². The second-order valence-corrected chi connectivity index (χ2v) is 23.7. The van der Waals surface area contributed by atoms with Crippen LogP contribution in [0.15, 0.2) is 24.3 Å². The number of quaternary nitrogens is 1. The molecule has 420 valence electrons. The number of carbonyl (C=O) groups is 2. The highest BCUT2D eigenvalue weighted by Gasteiger charge is 2.30. The zero-order valence-electron chi connectivity index (χ0n) is 48.0. The van der Waals surface area contributed by atoms with E-state index in [-0.39, 0.29) is 25.1 Å². The Morgan fingerprint density at radius 1 is 0.479 bits per heavy atom. The molecule has 0 bridgehead atoms. The first-order valence-corrected chi connectivity index (χ1v) is 32.2. The molecule has 10 heteroatoms. The largest absolute Gasteiger partial charge is 0.472 e. The van der Waals surface area contributed by atoms with Gasteiger partial charge in [-0.05, 0) is 57.4 Å². The number of nitrogens with zero attached hydrogens (tertiary/aromatic N) is 1. The van der Waals surface area contributed by atoms with Gasteiger partial charge in [0.05, 0.1) is 33.8 Å². The molecule has 0 saturated carbocycles. The first-order valence-electron chi connectivity index (χ1n) is 30.7. The molecule has 3 unspecified atom stereocenters. The van der Waals surface area contributed by atoms with Crippen LogP contribution in [-0.4, -0.2) is 74.3 Å². The number of phosphoric acid groups is 1. The van der Waals surface area contributed by atoms with E-state index < -0.39 is 20.0 Å². The van der Waals surface area contributed by atoms with E-state index in [1.165, 1.54) is 212 Å². The number of likely N-dealkylation sites (N-methyl/N-ethyl adjacent to an activating group) is 1. The summed E-state index contributed by atoms with van der Waals surface area (Å²) in [5, 5.41) is 3.06. The van der Waals surface area contributed by atoms with Gasteiger partial charge in [-0.25, -0.2) is 4.57 Å². The van der Waals surface area contributed by atoms with Gasteiger partial charge in [0.2, 0.25) is 5.91 Å². The van der Waals surface area contributed by atoms with E-state index >= 15 is 0 Å². The fourth-order valence-corrected chi connectivity index (χ4v) is 9.85. The van der Waals surface area contributed by atoms with Crippen LogP contribution in [0.1, 0.15) is 303 Å². The molecule has 0 saturated heterocycles. The first-order chi connectivity index (χ1) is 34.4. The SMILES string of the molecule is CCCCCCCC/C=C/CCCCCCCCCCCC(=O)OC(/C=C/CCCCCCCCCCCC)C(COP(=O)(O)OCC[N+](C)(C)C)NC(=O)CCCCCCCCCCCCCCCC. The molecule has 0 spiro atoms. The quantitative estimate of drug-likeness (QED) is 0.0205. The number of unbranched alkanes of at least 4 members (excludes halogenated alkanes) is 38. The number of ether oxygens (including phenoxy) is 1. The number of rotatable bonds is 56. The predicted molar refractivity (Wildman–Crippen MR) is 305 cm³/mol. The molecule has 0 rings (SSSR count). The van der Waals surface area contributed by atoms with Crippen molar-refractivity contribution in [3.63, 3.8) is 0 Å². The summed E-state index contributed by atoms with van der Waals surface area (Å²) >= 11 is 0. The van der Waals surface area contributed by atoms with Crippen LogP contribution in [-0.2, 0) is 27.9 Å². The van der Waals surface area contributed by atoms with Gasteiger partial charge < -0.3 is 19.4 Å². The van der Waals surface area contributed by atoms with Crippen molar-refractivity contribution in [2.45, 2.75) is 315 Å². The van der Waals surface area contributed by atoms with Gasteiger partial charge in [0.15, 0.2) is 0 Å². The van der Waals surface area contributed by atoms with Gasteiger partial charge in [-0.15, -0.1) is 0 Å².